The Morgan fingerprint density at radius 1 is 1.11 bits per heavy atom. The van der Waals surface area contributed by atoms with Crippen LogP contribution in [0.25, 0.3) is 10.9 Å². The van der Waals surface area contributed by atoms with Crippen LogP contribution in [-0.2, 0) is 17.8 Å². The van der Waals surface area contributed by atoms with Gasteiger partial charge in [-0.05, 0) is 37.1 Å². The Labute approximate surface area is 170 Å². The molecule has 148 valence electrons. The summed E-state index contributed by atoms with van der Waals surface area (Å²) < 4.78 is 12.8. The highest BCUT2D eigenvalue weighted by molar-refractivity contribution is 8.00. The maximum Gasteiger partial charge on any atom is 0.230 e. The van der Waals surface area contributed by atoms with Crippen LogP contribution in [0.1, 0.15) is 12.5 Å². The highest BCUT2D eigenvalue weighted by atomic mass is 32.2. The van der Waals surface area contributed by atoms with Crippen molar-refractivity contribution in [1.29, 1.82) is 0 Å². The van der Waals surface area contributed by atoms with Crippen molar-refractivity contribution in [2.75, 3.05) is 26.5 Å². The Morgan fingerprint density at radius 3 is 2.64 bits per heavy atom. The fourth-order valence-electron chi connectivity index (χ4n) is 3.17. The molecule has 0 fully saturated rings. The summed E-state index contributed by atoms with van der Waals surface area (Å²) >= 11 is 1.58. The van der Waals surface area contributed by atoms with Crippen LogP contribution in [0.15, 0.2) is 53.6 Å². The van der Waals surface area contributed by atoms with E-state index in [2.05, 4.69) is 35.1 Å². The molecule has 3 rings (SSSR count). The summed E-state index contributed by atoms with van der Waals surface area (Å²) in [6.45, 7) is 3.63. The summed E-state index contributed by atoms with van der Waals surface area (Å²) in [5.74, 6) is 1.86. The van der Waals surface area contributed by atoms with Crippen LogP contribution in [0, 0.1) is 0 Å². The monoisotopic (exact) mass is 398 g/mol. The third kappa shape index (κ3) is 4.62. The van der Waals surface area contributed by atoms with Gasteiger partial charge in [0.15, 0.2) is 11.5 Å². The van der Waals surface area contributed by atoms with Crippen molar-refractivity contribution in [3.63, 3.8) is 0 Å². The zero-order valence-electron chi connectivity index (χ0n) is 16.5. The van der Waals surface area contributed by atoms with Crippen molar-refractivity contribution in [3.8, 4) is 11.5 Å². The van der Waals surface area contributed by atoms with Gasteiger partial charge in [0.25, 0.3) is 0 Å². The molecule has 0 atom stereocenters. The Morgan fingerprint density at radius 2 is 1.89 bits per heavy atom. The molecule has 1 N–H and O–H groups in total. The summed E-state index contributed by atoms with van der Waals surface area (Å²) in [4.78, 5) is 13.4. The lowest BCUT2D eigenvalue weighted by molar-refractivity contribution is -0.118. The molecule has 0 unspecified atom stereocenters. The van der Waals surface area contributed by atoms with Crippen LogP contribution in [0.4, 0.5) is 0 Å². The molecule has 0 aliphatic rings. The number of hydrogen-bond acceptors (Lipinski definition) is 4. The highest BCUT2D eigenvalue weighted by Gasteiger charge is 2.10. The number of hydrogen-bond donors (Lipinski definition) is 1. The predicted molar refractivity (Wildman–Crippen MR) is 115 cm³/mol. The van der Waals surface area contributed by atoms with E-state index in [1.54, 1.807) is 26.0 Å². The van der Waals surface area contributed by atoms with Gasteiger partial charge in [-0.15, -0.1) is 11.8 Å². The van der Waals surface area contributed by atoms with E-state index in [-0.39, 0.29) is 5.91 Å². The Balaban J connectivity index is 1.52. The van der Waals surface area contributed by atoms with E-state index in [1.807, 2.05) is 30.3 Å². The fraction of sp³-hybridized carbons (Fsp3) is 0.318. The smallest absolute Gasteiger partial charge is 0.230 e. The molecule has 3 aromatic rings. The Hall–Kier alpha value is -2.60. The molecule has 0 aliphatic carbocycles. The number of benzene rings is 2. The molecule has 1 heterocycles. The molecule has 0 spiro atoms. The molecule has 0 saturated heterocycles. The number of fused-ring (bicyclic) bond motifs is 1. The number of amides is 1. The molecular weight excluding hydrogens is 372 g/mol. The minimum atomic E-state index is 0.0406. The first-order valence-corrected chi connectivity index (χ1v) is 10.3. The number of ether oxygens (including phenoxy) is 2. The average Bonchev–Trinajstić information content (AvgIpc) is 3.10. The van der Waals surface area contributed by atoms with Gasteiger partial charge >= 0.3 is 0 Å². The standard InChI is InChI=1S/C22H26N2O3S/c1-4-24-14-21(17-7-5-6-8-18(17)24)28-15-22(25)23-12-11-16-9-10-19(26-2)20(13-16)27-3/h5-10,13-14H,4,11-12,15H2,1-3H3,(H,23,25). The number of para-hydroxylation sites is 1. The molecule has 0 saturated carbocycles. The number of nitrogens with one attached hydrogen (secondary N) is 1. The fourth-order valence-corrected chi connectivity index (χ4v) is 4.08. The summed E-state index contributed by atoms with van der Waals surface area (Å²) in [6, 6.07) is 14.1. The minimum Gasteiger partial charge on any atom is -0.493 e. The first-order valence-electron chi connectivity index (χ1n) is 9.34. The zero-order valence-corrected chi connectivity index (χ0v) is 17.3. The Kier molecular flexibility index (Phi) is 6.87. The first kappa shape index (κ1) is 20.1. The quantitative estimate of drug-likeness (QED) is 0.551. The number of rotatable bonds is 9. The number of thioether (sulfide) groups is 1. The van der Waals surface area contributed by atoms with E-state index >= 15 is 0 Å². The lowest BCUT2D eigenvalue weighted by Gasteiger charge is -2.10. The molecule has 1 aromatic heterocycles. The van der Waals surface area contributed by atoms with E-state index in [0.29, 0.717) is 23.8 Å². The van der Waals surface area contributed by atoms with Crippen LogP contribution in [-0.4, -0.2) is 37.0 Å². The van der Waals surface area contributed by atoms with Gasteiger partial charge < -0.3 is 19.4 Å². The normalized spacial score (nSPS) is 10.8. The van der Waals surface area contributed by atoms with Gasteiger partial charge in [-0.25, -0.2) is 0 Å². The molecule has 0 radical (unpaired) electrons. The summed E-state index contributed by atoms with van der Waals surface area (Å²) in [6.07, 6.45) is 2.87. The van der Waals surface area contributed by atoms with E-state index < -0.39 is 0 Å². The lowest BCUT2D eigenvalue weighted by atomic mass is 10.1. The van der Waals surface area contributed by atoms with Crippen molar-refractivity contribution in [1.82, 2.24) is 9.88 Å². The van der Waals surface area contributed by atoms with E-state index in [0.717, 1.165) is 23.4 Å². The van der Waals surface area contributed by atoms with Crippen molar-refractivity contribution >= 4 is 28.6 Å². The SMILES string of the molecule is CCn1cc(SCC(=O)NCCc2ccc(OC)c(OC)c2)c2ccccc21. The second-order valence-electron chi connectivity index (χ2n) is 6.37. The number of carbonyl (C=O) groups is 1. The van der Waals surface area contributed by atoms with Crippen molar-refractivity contribution < 1.29 is 14.3 Å². The molecule has 28 heavy (non-hydrogen) atoms. The van der Waals surface area contributed by atoms with E-state index in [9.17, 15) is 4.79 Å². The number of nitrogens with zero attached hydrogens (tertiary/aromatic N) is 1. The molecule has 6 heteroatoms. The van der Waals surface area contributed by atoms with Crippen LogP contribution < -0.4 is 14.8 Å². The van der Waals surface area contributed by atoms with Crippen LogP contribution >= 0.6 is 11.8 Å². The number of aryl methyl sites for hydroxylation is 1. The summed E-state index contributed by atoms with van der Waals surface area (Å²) in [5, 5.41) is 4.20. The van der Waals surface area contributed by atoms with Crippen molar-refractivity contribution in [3.05, 3.63) is 54.2 Å². The number of aromatic nitrogens is 1. The molecular formula is C22H26N2O3S. The van der Waals surface area contributed by atoms with E-state index in [1.165, 1.54) is 10.9 Å². The van der Waals surface area contributed by atoms with Gasteiger partial charge in [-0.2, -0.15) is 0 Å². The first-order chi connectivity index (χ1) is 13.7. The third-order valence-corrected chi connectivity index (χ3v) is 5.68. The molecule has 2 aromatic carbocycles. The van der Waals surface area contributed by atoms with Crippen LogP contribution in [0.5, 0.6) is 11.5 Å². The second kappa shape index (κ2) is 9.55. The third-order valence-electron chi connectivity index (χ3n) is 4.64. The predicted octanol–water partition coefficient (Wildman–Crippen LogP) is 4.13. The molecule has 0 aliphatic heterocycles. The largest absolute Gasteiger partial charge is 0.493 e. The molecule has 1 amide bonds. The van der Waals surface area contributed by atoms with Gasteiger partial charge in [0, 0.05) is 35.1 Å². The number of methoxy groups -OCH3 is 2. The summed E-state index contributed by atoms with van der Waals surface area (Å²) in [7, 11) is 3.24. The maximum atomic E-state index is 12.3. The average molecular weight is 399 g/mol. The Bertz CT molecular complexity index is 952. The van der Waals surface area contributed by atoms with Crippen LogP contribution in [0.2, 0.25) is 0 Å². The highest BCUT2D eigenvalue weighted by Crippen LogP contribution is 2.30. The van der Waals surface area contributed by atoms with Gasteiger partial charge in [0.2, 0.25) is 5.91 Å². The van der Waals surface area contributed by atoms with E-state index in [4.69, 9.17) is 9.47 Å². The topological polar surface area (TPSA) is 52.5 Å². The van der Waals surface area contributed by atoms with Crippen LogP contribution in [0.3, 0.4) is 0 Å². The second-order valence-corrected chi connectivity index (χ2v) is 7.39. The summed E-state index contributed by atoms with van der Waals surface area (Å²) in [5.41, 5.74) is 2.30. The minimum absolute atomic E-state index is 0.0406. The molecule has 0 bridgehead atoms. The van der Waals surface area contributed by atoms with Crippen molar-refractivity contribution in [2.24, 2.45) is 0 Å². The lowest BCUT2D eigenvalue weighted by Crippen LogP contribution is -2.27. The van der Waals surface area contributed by atoms with Gasteiger partial charge in [0.05, 0.1) is 20.0 Å². The number of carbonyl (C=O) groups excluding carboxylic acids is 1. The van der Waals surface area contributed by atoms with Gasteiger partial charge in [-0.1, -0.05) is 24.3 Å². The van der Waals surface area contributed by atoms with Gasteiger partial charge in [0.1, 0.15) is 0 Å². The molecule has 5 nitrogen and oxygen atoms in total. The maximum absolute atomic E-state index is 12.3. The van der Waals surface area contributed by atoms with Crippen molar-refractivity contribution in [2.45, 2.75) is 24.8 Å². The zero-order chi connectivity index (χ0) is 19.9. The van der Waals surface area contributed by atoms with Gasteiger partial charge in [-0.3, -0.25) is 4.79 Å².